The van der Waals surface area contributed by atoms with Crippen molar-refractivity contribution >= 4 is 40.1 Å². The van der Waals surface area contributed by atoms with Crippen molar-refractivity contribution in [1.29, 1.82) is 0 Å². The van der Waals surface area contributed by atoms with E-state index in [2.05, 4.69) is 21.8 Å². The van der Waals surface area contributed by atoms with Crippen molar-refractivity contribution in [2.45, 2.75) is 32.6 Å². The third kappa shape index (κ3) is 5.04. The lowest BCUT2D eigenvalue weighted by Gasteiger charge is -2.39. The number of H-pyrrole nitrogens is 1. The second-order valence-corrected chi connectivity index (χ2v) is 8.53. The third-order valence-corrected chi connectivity index (χ3v) is 6.39. The van der Waals surface area contributed by atoms with Crippen LogP contribution in [-0.2, 0) is 4.79 Å². The smallest absolute Gasteiger partial charge is 0.338 e. The number of piperidine rings is 1. The van der Waals surface area contributed by atoms with Crippen molar-refractivity contribution < 1.29 is 31.1 Å². The van der Waals surface area contributed by atoms with Crippen LogP contribution < -0.4 is 10.6 Å². The van der Waals surface area contributed by atoms with Gasteiger partial charge in [0.05, 0.1) is 23.0 Å². The Morgan fingerprint density at radius 1 is 1.21 bits per heavy atom. The van der Waals surface area contributed by atoms with Gasteiger partial charge in [-0.05, 0) is 31.7 Å². The number of aromatic nitrogens is 2. The van der Waals surface area contributed by atoms with Crippen molar-refractivity contribution in [1.82, 2.24) is 14.9 Å². The number of carbonyl (C=O) groups is 1. The number of hydrazone groups is 1. The first-order valence-corrected chi connectivity index (χ1v) is 10.5. The lowest BCUT2D eigenvalue weighted by molar-refractivity contribution is -0.229. The van der Waals surface area contributed by atoms with Gasteiger partial charge in [0.2, 0.25) is 5.95 Å². The molecule has 3 heterocycles. The summed E-state index contributed by atoms with van der Waals surface area (Å²) in [6.45, 7) is 4.19. The normalized spacial score (nSPS) is 20.5. The summed E-state index contributed by atoms with van der Waals surface area (Å²) < 4.78 is 79.9. The van der Waals surface area contributed by atoms with Crippen LogP contribution in [0.3, 0.4) is 0 Å². The molecule has 1 aliphatic heterocycles. The van der Waals surface area contributed by atoms with E-state index in [1.807, 2.05) is 0 Å². The van der Waals surface area contributed by atoms with Crippen LogP contribution in [0.5, 0.6) is 0 Å². The molecule has 1 N–H and O–H groups in total. The molecule has 0 aliphatic carbocycles. The Balaban J connectivity index is 1.95. The highest BCUT2D eigenvalue weighted by Crippen LogP contribution is 2.41. The molecule has 2 atom stereocenters. The number of aromatic amines is 1. The number of carbonyl (C=O) groups excluding carboxylic acids is 1. The minimum Gasteiger partial charge on any atom is -0.338 e. The number of alkyl halides is 6. The topological polar surface area (TPSA) is 81.7 Å². The molecule has 0 aromatic carbocycles. The second kappa shape index (κ2) is 8.80. The van der Waals surface area contributed by atoms with E-state index in [9.17, 15) is 35.9 Å². The van der Waals surface area contributed by atoms with E-state index in [4.69, 9.17) is 0 Å². The standard InChI is InChI=1S/C19H19F6N5O2S/c1-9(10(2)30(26-3)17-27-13-4-5-33-14(13)15(31)28-17)16(32)29-7-11(18(20,21)22)6-12(8-29)19(23,24)25/h4-5,11-12H,3,6-8H2,1-2H3,(H,27,28,31)/b10-9+. The first kappa shape index (κ1) is 24.7. The predicted octanol–water partition coefficient (Wildman–Crippen LogP) is 4.29. The summed E-state index contributed by atoms with van der Waals surface area (Å²) in [5.74, 6) is -5.72. The van der Waals surface area contributed by atoms with E-state index < -0.39 is 55.2 Å². The van der Waals surface area contributed by atoms with E-state index in [1.165, 1.54) is 13.8 Å². The number of hydrogen-bond donors (Lipinski definition) is 1. The lowest BCUT2D eigenvalue weighted by atomic mass is 9.88. The second-order valence-electron chi connectivity index (χ2n) is 7.61. The van der Waals surface area contributed by atoms with E-state index in [0.29, 0.717) is 15.1 Å². The van der Waals surface area contributed by atoms with E-state index in [0.717, 1.165) is 16.3 Å². The van der Waals surface area contributed by atoms with E-state index in [1.54, 1.807) is 11.4 Å². The predicted molar refractivity (Wildman–Crippen MR) is 111 cm³/mol. The number of fused-ring (bicyclic) bond motifs is 1. The van der Waals surface area contributed by atoms with Gasteiger partial charge >= 0.3 is 12.4 Å². The Hall–Kier alpha value is -2.90. The third-order valence-electron chi connectivity index (χ3n) is 5.49. The maximum absolute atomic E-state index is 13.3. The summed E-state index contributed by atoms with van der Waals surface area (Å²) in [4.78, 5) is 32.4. The molecule has 1 fully saturated rings. The fraction of sp³-hybridized carbons (Fsp3) is 0.474. The summed E-state index contributed by atoms with van der Waals surface area (Å²) in [6.07, 6.45) is -10.9. The van der Waals surface area contributed by atoms with Crippen LogP contribution in [0.15, 0.2) is 32.6 Å². The maximum Gasteiger partial charge on any atom is 0.393 e. The largest absolute Gasteiger partial charge is 0.393 e. The van der Waals surface area contributed by atoms with Gasteiger partial charge in [0, 0.05) is 25.4 Å². The van der Waals surface area contributed by atoms with Gasteiger partial charge < -0.3 is 4.90 Å². The molecule has 1 saturated heterocycles. The van der Waals surface area contributed by atoms with Gasteiger partial charge in [-0.15, -0.1) is 11.3 Å². The molecule has 1 aliphatic rings. The van der Waals surface area contributed by atoms with Gasteiger partial charge in [0.15, 0.2) is 0 Å². The zero-order chi connectivity index (χ0) is 24.7. The summed E-state index contributed by atoms with van der Waals surface area (Å²) in [6, 6.07) is 1.58. The highest BCUT2D eigenvalue weighted by Gasteiger charge is 2.52. The molecular weight excluding hydrogens is 476 g/mol. The van der Waals surface area contributed by atoms with Gasteiger partial charge in [-0.1, -0.05) is 0 Å². The van der Waals surface area contributed by atoms with Crippen LogP contribution in [0.25, 0.3) is 10.2 Å². The van der Waals surface area contributed by atoms with Crippen LogP contribution in [0.2, 0.25) is 0 Å². The number of hydrogen-bond acceptors (Lipinski definition) is 6. The number of anilines is 1. The average Bonchev–Trinajstić information content (AvgIpc) is 3.21. The molecular formula is C19H19F6N5O2S. The Kier molecular flexibility index (Phi) is 6.60. The van der Waals surface area contributed by atoms with Crippen molar-refractivity contribution in [2.75, 3.05) is 18.1 Å². The zero-order valence-electron chi connectivity index (χ0n) is 17.4. The number of thiophene rings is 1. The van der Waals surface area contributed by atoms with E-state index >= 15 is 0 Å². The molecule has 2 unspecified atom stereocenters. The number of amides is 1. The molecule has 3 rings (SSSR count). The molecule has 2 aromatic heterocycles. The van der Waals surface area contributed by atoms with Gasteiger partial charge in [0.25, 0.3) is 11.5 Å². The molecule has 14 heteroatoms. The SMILES string of the molecule is C=NN(/C(C)=C(\C)C(=O)N1CC(C(F)(F)F)CC(C(F)(F)F)C1)c1nc2ccsc2c(=O)[nH]1. The number of allylic oxidation sites excluding steroid dienone is 1. The van der Waals surface area contributed by atoms with Crippen molar-refractivity contribution in [3.8, 4) is 0 Å². The Bertz CT molecular complexity index is 1130. The van der Waals surface area contributed by atoms with Crippen LogP contribution in [0.1, 0.15) is 20.3 Å². The van der Waals surface area contributed by atoms with Crippen LogP contribution in [0.4, 0.5) is 32.3 Å². The minimum absolute atomic E-state index is 0.0328. The van der Waals surface area contributed by atoms with Crippen LogP contribution in [0, 0.1) is 11.8 Å². The molecule has 2 aromatic rings. The maximum atomic E-state index is 13.3. The first-order valence-electron chi connectivity index (χ1n) is 9.58. The summed E-state index contributed by atoms with van der Waals surface area (Å²) in [7, 11) is 0. The van der Waals surface area contributed by atoms with E-state index in [-0.39, 0.29) is 17.2 Å². The highest BCUT2D eigenvalue weighted by molar-refractivity contribution is 7.17. The molecule has 1 amide bonds. The lowest BCUT2D eigenvalue weighted by Crippen LogP contribution is -2.51. The Morgan fingerprint density at radius 3 is 2.30 bits per heavy atom. The molecule has 180 valence electrons. The summed E-state index contributed by atoms with van der Waals surface area (Å²) >= 11 is 1.16. The van der Waals surface area contributed by atoms with Gasteiger partial charge in [-0.2, -0.15) is 31.4 Å². The Morgan fingerprint density at radius 2 is 1.79 bits per heavy atom. The van der Waals surface area contributed by atoms with Crippen LogP contribution in [-0.4, -0.2) is 52.9 Å². The molecule has 0 radical (unpaired) electrons. The number of nitrogens with one attached hydrogen (secondary N) is 1. The average molecular weight is 495 g/mol. The quantitative estimate of drug-likeness (QED) is 0.297. The fourth-order valence-corrected chi connectivity index (χ4v) is 4.31. The van der Waals surface area contributed by atoms with Gasteiger partial charge in [-0.3, -0.25) is 14.6 Å². The first-order chi connectivity index (χ1) is 15.2. The zero-order valence-corrected chi connectivity index (χ0v) is 18.2. The summed E-state index contributed by atoms with van der Waals surface area (Å²) in [5, 5.41) is 6.35. The highest BCUT2D eigenvalue weighted by atomic mass is 32.1. The number of halogens is 6. The fourth-order valence-electron chi connectivity index (χ4n) is 3.58. The molecule has 0 spiro atoms. The number of nitrogens with zero attached hydrogens (tertiary/aromatic N) is 4. The Labute approximate surface area is 187 Å². The monoisotopic (exact) mass is 495 g/mol. The molecule has 0 saturated carbocycles. The molecule has 0 bridgehead atoms. The minimum atomic E-state index is -4.89. The molecule has 7 nitrogen and oxygen atoms in total. The summed E-state index contributed by atoms with van der Waals surface area (Å²) in [5.41, 5.74) is -0.265. The van der Waals surface area contributed by atoms with Gasteiger partial charge in [0.1, 0.15) is 4.70 Å². The van der Waals surface area contributed by atoms with Crippen molar-refractivity contribution in [3.63, 3.8) is 0 Å². The number of rotatable bonds is 4. The van der Waals surface area contributed by atoms with Crippen molar-refractivity contribution in [3.05, 3.63) is 33.1 Å². The van der Waals surface area contributed by atoms with Gasteiger partial charge in [-0.25, -0.2) is 9.99 Å². The van der Waals surface area contributed by atoms with Crippen LogP contribution >= 0.6 is 11.3 Å². The number of likely N-dealkylation sites (tertiary alicyclic amines) is 1. The molecule has 33 heavy (non-hydrogen) atoms. The van der Waals surface area contributed by atoms with Crippen molar-refractivity contribution in [2.24, 2.45) is 16.9 Å².